The largest absolute Gasteiger partial charge is 0.512 e. The Morgan fingerprint density at radius 1 is 1.03 bits per heavy atom. The summed E-state index contributed by atoms with van der Waals surface area (Å²) in [7, 11) is 1.67. The van der Waals surface area contributed by atoms with Crippen molar-refractivity contribution in [2.75, 3.05) is 64.8 Å². The number of nitrogens with one attached hydrogen (secondary N) is 1. The van der Waals surface area contributed by atoms with Gasteiger partial charge in [-0.15, -0.1) is 0 Å². The van der Waals surface area contributed by atoms with Crippen molar-refractivity contribution in [1.82, 2.24) is 10.2 Å². The van der Waals surface area contributed by atoms with E-state index < -0.39 is 6.16 Å². The molecule has 0 radical (unpaired) electrons. The fourth-order valence-corrected chi connectivity index (χ4v) is 4.80. The smallest absolute Gasteiger partial charge is 0.494 e. The van der Waals surface area contributed by atoms with Gasteiger partial charge >= 0.3 is 6.16 Å². The van der Waals surface area contributed by atoms with E-state index in [1.54, 1.807) is 7.05 Å². The van der Waals surface area contributed by atoms with Crippen LogP contribution in [0.25, 0.3) is 0 Å². The van der Waals surface area contributed by atoms with E-state index in [0.29, 0.717) is 29.0 Å². The van der Waals surface area contributed by atoms with Crippen LogP contribution >= 0.6 is 23.2 Å². The number of hydrogen-bond donors (Lipinski definition) is 1. The highest BCUT2D eigenvalue weighted by molar-refractivity contribution is 6.43. The predicted octanol–water partition coefficient (Wildman–Crippen LogP) is 5.26. The zero-order valence-corrected chi connectivity index (χ0v) is 23.1. The van der Waals surface area contributed by atoms with Gasteiger partial charge in [0.05, 0.1) is 28.0 Å². The van der Waals surface area contributed by atoms with Crippen LogP contribution in [0.5, 0.6) is 5.75 Å². The minimum atomic E-state index is -0.795. The molecule has 2 aliphatic rings. The Balaban J connectivity index is 1.14. The molecule has 0 aromatic heterocycles. The van der Waals surface area contributed by atoms with E-state index in [0.717, 1.165) is 74.7 Å². The van der Waals surface area contributed by atoms with E-state index in [9.17, 15) is 4.79 Å². The van der Waals surface area contributed by atoms with Crippen LogP contribution in [0, 0.1) is 0 Å². The molecule has 0 unspecified atom stereocenters. The number of piperazine rings is 1. The number of halogens is 2. The monoisotopic (exact) mass is 564 g/mol. The second-order valence-electron chi connectivity index (χ2n) is 9.05. The number of hydrogen-bond acceptors (Lipinski definition) is 9. The van der Waals surface area contributed by atoms with Gasteiger partial charge in [0, 0.05) is 38.7 Å². The van der Waals surface area contributed by atoms with Crippen LogP contribution in [0.3, 0.4) is 0 Å². The van der Waals surface area contributed by atoms with Crippen LogP contribution in [0.4, 0.5) is 16.2 Å². The molecule has 1 saturated heterocycles. The molecule has 0 amide bonds. The predicted molar refractivity (Wildman–Crippen MR) is 149 cm³/mol. The van der Waals surface area contributed by atoms with E-state index >= 15 is 0 Å². The lowest BCUT2D eigenvalue weighted by Crippen LogP contribution is -2.46. The van der Waals surface area contributed by atoms with Crippen molar-refractivity contribution in [3.63, 3.8) is 0 Å². The Morgan fingerprint density at radius 2 is 1.87 bits per heavy atom. The summed E-state index contributed by atoms with van der Waals surface area (Å²) in [6.07, 6.45) is 2.68. The summed E-state index contributed by atoms with van der Waals surface area (Å²) in [5.74, 6) is 1.31. The lowest BCUT2D eigenvalue weighted by atomic mass is 10.0. The normalized spacial score (nSPS) is 15.4. The van der Waals surface area contributed by atoms with E-state index in [1.807, 2.05) is 36.4 Å². The Morgan fingerprint density at radius 3 is 2.68 bits per heavy atom. The van der Waals surface area contributed by atoms with Crippen LogP contribution in [0.1, 0.15) is 24.8 Å². The lowest BCUT2D eigenvalue weighted by Gasteiger charge is -2.36. The number of unbranched alkanes of at least 4 members (excludes halogenated alkanes) is 1. The summed E-state index contributed by atoms with van der Waals surface area (Å²) in [5, 5.41) is 3.92. The summed E-state index contributed by atoms with van der Waals surface area (Å²) in [4.78, 5) is 20.7. The number of fused-ring (bicyclic) bond motifs is 1. The van der Waals surface area contributed by atoms with Crippen LogP contribution in [0.15, 0.2) is 41.4 Å². The zero-order valence-electron chi connectivity index (χ0n) is 21.6. The highest BCUT2D eigenvalue weighted by Crippen LogP contribution is 2.33. The van der Waals surface area contributed by atoms with Gasteiger partial charge in [-0.05, 0) is 56.6 Å². The van der Waals surface area contributed by atoms with Crippen molar-refractivity contribution in [2.24, 2.45) is 4.99 Å². The van der Waals surface area contributed by atoms with Gasteiger partial charge in [0.1, 0.15) is 12.5 Å². The Hall–Kier alpha value is -2.72. The molecular weight excluding hydrogens is 531 g/mol. The molecule has 0 saturated carbocycles. The van der Waals surface area contributed by atoms with Crippen LogP contribution in [0.2, 0.25) is 10.0 Å². The maximum atomic E-state index is 11.4. The van der Waals surface area contributed by atoms with Gasteiger partial charge in [0.25, 0.3) is 0 Å². The standard InChI is InChI=1S/C27H34Cl2N4O5/c1-30-18-36-27(34)38-19-37-25-10-8-20-7-9-21(17-23(20)31-25)35-16-3-2-11-32-12-14-33(15-13-32)24-6-4-5-22(28)26(24)29/h4-7,9,17,30H,2-3,8,10-16,18-19H2,1H3. The summed E-state index contributed by atoms with van der Waals surface area (Å²) in [5.41, 5.74) is 2.97. The third kappa shape index (κ3) is 8.14. The zero-order chi connectivity index (χ0) is 26.7. The Kier molecular flexibility index (Phi) is 10.7. The molecule has 11 heteroatoms. The van der Waals surface area contributed by atoms with Crippen molar-refractivity contribution < 1.29 is 23.7 Å². The van der Waals surface area contributed by atoms with Crippen molar-refractivity contribution in [3.8, 4) is 5.75 Å². The minimum absolute atomic E-state index is 0.0769. The first-order valence-electron chi connectivity index (χ1n) is 12.8. The number of aliphatic imine (C=N–C) groups is 1. The van der Waals surface area contributed by atoms with Gasteiger partial charge in [0.2, 0.25) is 6.79 Å². The fourth-order valence-electron chi connectivity index (χ4n) is 4.38. The third-order valence-corrected chi connectivity index (χ3v) is 7.24. The van der Waals surface area contributed by atoms with E-state index in [2.05, 4.69) is 20.1 Å². The number of anilines is 1. The molecule has 4 rings (SSSR count). The fraction of sp³-hybridized carbons (Fsp3) is 0.481. The Labute approximate surface area is 233 Å². The molecule has 1 N–H and O–H groups in total. The van der Waals surface area contributed by atoms with Gasteiger partial charge < -0.3 is 23.8 Å². The van der Waals surface area contributed by atoms with Crippen LogP contribution in [-0.4, -0.2) is 76.9 Å². The van der Waals surface area contributed by atoms with Gasteiger partial charge in [-0.2, -0.15) is 0 Å². The number of carbonyl (C=O) groups is 1. The molecule has 2 aromatic carbocycles. The van der Waals surface area contributed by atoms with Gasteiger partial charge in [-0.3, -0.25) is 10.2 Å². The third-order valence-electron chi connectivity index (χ3n) is 6.43. The average molecular weight is 565 g/mol. The molecule has 0 bridgehead atoms. The SMILES string of the molecule is CNCOC(=O)OCOC1=Nc2cc(OCCCCN3CCN(c4cccc(Cl)c4Cl)CC3)ccc2CC1. The second kappa shape index (κ2) is 14.4. The maximum Gasteiger partial charge on any atom is 0.512 e. The first-order chi connectivity index (χ1) is 18.5. The van der Waals surface area contributed by atoms with E-state index in [1.165, 1.54) is 0 Å². The number of rotatable bonds is 11. The first-order valence-corrected chi connectivity index (χ1v) is 13.6. The number of nitrogens with zero attached hydrogens (tertiary/aromatic N) is 3. The van der Waals surface area contributed by atoms with Crippen molar-refractivity contribution in [3.05, 3.63) is 52.0 Å². The summed E-state index contributed by atoms with van der Waals surface area (Å²) >= 11 is 12.6. The first kappa shape index (κ1) is 28.3. The molecular formula is C27H34Cl2N4O5. The molecule has 2 aromatic rings. The van der Waals surface area contributed by atoms with Gasteiger partial charge in [-0.1, -0.05) is 35.3 Å². The minimum Gasteiger partial charge on any atom is -0.494 e. The molecule has 38 heavy (non-hydrogen) atoms. The van der Waals surface area contributed by atoms with Crippen LogP contribution < -0.4 is 15.0 Å². The molecule has 0 aliphatic carbocycles. The highest BCUT2D eigenvalue weighted by Gasteiger charge is 2.19. The second-order valence-corrected chi connectivity index (χ2v) is 9.84. The molecule has 2 aliphatic heterocycles. The molecule has 1 fully saturated rings. The molecule has 0 spiro atoms. The number of carbonyl (C=O) groups excluding carboxylic acids is 1. The number of aryl methyl sites for hydroxylation is 1. The van der Waals surface area contributed by atoms with E-state index in [4.69, 9.17) is 42.1 Å². The molecule has 0 atom stereocenters. The number of benzene rings is 2. The average Bonchev–Trinajstić information content (AvgIpc) is 2.93. The molecule has 206 valence electrons. The van der Waals surface area contributed by atoms with Crippen LogP contribution in [-0.2, 0) is 20.6 Å². The van der Waals surface area contributed by atoms with Gasteiger partial charge in [-0.25, -0.2) is 9.79 Å². The number of ether oxygens (including phenoxy) is 4. The highest BCUT2D eigenvalue weighted by atomic mass is 35.5. The maximum absolute atomic E-state index is 11.4. The quantitative estimate of drug-likeness (QED) is 0.225. The summed E-state index contributed by atoms with van der Waals surface area (Å²) in [6.45, 7) is 5.39. The Bertz CT molecular complexity index is 1110. The molecule has 2 heterocycles. The summed E-state index contributed by atoms with van der Waals surface area (Å²) < 4.78 is 21.1. The van der Waals surface area contributed by atoms with Gasteiger partial charge in [0.15, 0.2) is 5.90 Å². The van der Waals surface area contributed by atoms with Crippen molar-refractivity contribution >= 4 is 46.6 Å². The molecule has 9 nitrogen and oxygen atoms in total. The topological polar surface area (TPSA) is 84.9 Å². The van der Waals surface area contributed by atoms with Crippen molar-refractivity contribution in [1.29, 1.82) is 0 Å². The summed E-state index contributed by atoms with van der Waals surface area (Å²) in [6, 6.07) is 11.8. The van der Waals surface area contributed by atoms with Crippen molar-refractivity contribution in [2.45, 2.75) is 25.7 Å². The lowest BCUT2D eigenvalue weighted by molar-refractivity contribution is -0.00315. The van der Waals surface area contributed by atoms with E-state index in [-0.39, 0.29) is 13.5 Å².